The van der Waals surface area contributed by atoms with Gasteiger partial charge in [0.2, 0.25) is 5.91 Å². The molecule has 0 aromatic heterocycles. The molecule has 1 aliphatic rings. The van der Waals surface area contributed by atoms with Gasteiger partial charge >= 0.3 is 6.09 Å². The van der Waals surface area contributed by atoms with E-state index in [1.54, 1.807) is 11.8 Å². The number of halogens is 1. The zero-order valence-corrected chi connectivity index (χ0v) is 19.6. The second-order valence-corrected chi connectivity index (χ2v) is 8.27. The highest BCUT2D eigenvalue weighted by Gasteiger charge is 2.38. The molecule has 0 unspecified atom stereocenters. The van der Waals surface area contributed by atoms with Gasteiger partial charge in [-0.15, -0.1) is 12.4 Å². The van der Waals surface area contributed by atoms with Crippen LogP contribution in [0.4, 0.5) is 10.5 Å². The molecule has 2 N–H and O–H groups in total. The molecule has 2 aromatic rings. The SMILES string of the molecule is CNCc1ccc(-c2ccc3c(c2)[C@H](N(C(=O)O)C(C)C)C[C@H](C)N3C(C)=O)cc1.Cl. The van der Waals surface area contributed by atoms with Crippen molar-refractivity contribution in [3.8, 4) is 11.1 Å². The molecule has 0 bridgehead atoms. The Morgan fingerprint density at radius 2 is 1.77 bits per heavy atom. The third-order valence-electron chi connectivity index (χ3n) is 5.77. The van der Waals surface area contributed by atoms with E-state index in [0.29, 0.717) is 6.42 Å². The Hall–Kier alpha value is -2.57. The Balaban J connectivity index is 0.00000341. The summed E-state index contributed by atoms with van der Waals surface area (Å²) in [6.45, 7) is 8.12. The molecule has 1 aliphatic heterocycles. The van der Waals surface area contributed by atoms with Crippen LogP contribution in [0.5, 0.6) is 0 Å². The second-order valence-electron chi connectivity index (χ2n) is 8.27. The van der Waals surface area contributed by atoms with Gasteiger partial charge in [0.15, 0.2) is 0 Å². The minimum Gasteiger partial charge on any atom is -0.465 e. The number of nitrogens with one attached hydrogen (secondary N) is 1. The fourth-order valence-corrected chi connectivity index (χ4v) is 4.49. The summed E-state index contributed by atoms with van der Waals surface area (Å²) in [5, 5.41) is 13.0. The number of anilines is 1. The zero-order valence-electron chi connectivity index (χ0n) is 18.8. The average Bonchev–Trinajstić information content (AvgIpc) is 2.67. The minimum absolute atomic E-state index is 0. The zero-order chi connectivity index (χ0) is 22.0. The van der Waals surface area contributed by atoms with Crippen LogP contribution in [0.2, 0.25) is 0 Å². The molecule has 2 atom stereocenters. The number of hydrogen-bond acceptors (Lipinski definition) is 3. The molecule has 31 heavy (non-hydrogen) atoms. The van der Waals surface area contributed by atoms with Crippen LogP contribution in [0.1, 0.15) is 51.3 Å². The van der Waals surface area contributed by atoms with Gasteiger partial charge in [0, 0.05) is 31.2 Å². The van der Waals surface area contributed by atoms with Gasteiger partial charge in [0.1, 0.15) is 0 Å². The first-order chi connectivity index (χ1) is 14.2. The van der Waals surface area contributed by atoms with E-state index < -0.39 is 6.09 Å². The van der Waals surface area contributed by atoms with Crippen LogP contribution < -0.4 is 10.2 Å². The first-order valence-corrected chi connectivity index (χ1v) is 10.4. The van der Waals surface area contributed by atoms with Crippen molar-refractivity contribution in [1.29, 1.82) is 0 Å². The van der Waals surface area contributed by atoms with Crippen molar-refractivity contribution < 1.29 is 14.7 Å². The standard InChI is InChI=1S/C24H31N3O3.ClH/c1-15(2)26(24(29)30)23-12-16(3)27(17(4)28)22-11-10-20(13-21(22)23)19-8-6-18(7-9-19)14-25-5;/h6-11,13,15-16,23,25H,12,14H2,1-5H3,(H,29,30);1H/t16-,23+;/m0./s1. The molecule has 0 spiro atoms. The molecule has 0 radical (unpaired) electrons. The fraction of sp³-hybridized carbons (Fsp3) is 0.417. The van der Waals surface area contributed by atoms with Gasteiger partial charge in [-0.05, 0) is 68.6 Å². The third-order valence-corrected chi connectivity index (χ3v) is 5.77. The van der Waals surface area contributed by atoms with Gasteiger partial charge in [-0.3, -0.25) is 9.69 Å². The Bertz CT molecular complexity index is 930. The van der Waals surface area contributed by atoms with Crippen molar-refractivity contribution in [3.05, 3.63) is 53.6 Å². The van der Waals surface area contributed by atoms with Crippen molar-refractivity contribution in [1.82, 2.24) is 10.2 Å². The van der Waals surface area contributed by atoms with E-state index in [1.807, 2.05) is 46.0 Å². The lowest BCUT2D eigenvalue weighted by Crippen LogP contribution is -2.48. The predicted octanol–water partition coefficient (Wildman–Crippen LogP) is 5.07. The van der Waals surface area contributed by atoms with Gasteiger partial charge in [-0.25, -0.2) is 4.79 Å². The number of amides is 2. The monoisotopic (exact) mass is 445 g/mol. The van der Waals surface area contributed by atoms with Crippen LogP contribution in [-0.2, 0) is 11.3 Å². The first-order valence-electron chi connectivity index (χ1n) is 10.4. The van der Waals surface area contributed by atoms with Crippen LogP contribution >= 0.6 is 12.4 Å². The quantitative estimate of drug-likeness (QED) is 0.673. The molecular weight excluding hydrogens is 414 g/mol. The molecule has 6 nitrogen and oxygen atoms in total. The van der Waals surface area contributed by atoms with E-state index in [4.69, 9.17) is 0 Å². The summed E-state index contributed by atoms with van der Waals surface area (Å²) in [5.41, 5.74) is 4.97. The van der Waals surface area contributed by atoms with Crippen LogP contribution in [0.3, 0.4) is 0 Å². The molecule has 1 heterocycles. The number of benzene rings is 2. The molecule has 0 saturated carbocycles. The molecule has 0 saturated heterocycles. The third kappa shape index (κ3) is 5.02. The van der Waals surface area contributed by atoms with Crippen LogP contribution in [-0.4, -0.2) is 41.1 Å². The second kappa shape index (κ2) is 10.2. The number of hydrogen-bond donors (Lipinski definition) is 2. The van der Waals surface area contributed by atoms with Crippen LogP contribution in [0.25, 0.3) is 11.1 Å². The highest BCUT2D eigenvalue weighted by Crippen LogP contribution is 2.43. The van der Waals surface area contributed by atoms with Gasteiger partial charge in [-0.1, -0.05) is 30.3 Å². The molecule has 3 rings (SSSR count). The maximum atomic E-state index is 12.4. The predicted molar refractivity (Wildman–Crippen MR) is 127 cm³/mol. The number of fused-ring (bicyclic) bond motifs is 1. The fourth-order valence-electron chi connectivity index (χ4n) is 4.49. The van der Waals surface area contributed by atoms with Crippen LogP contribution in [0, 0.1) is 0 Å². The largest absolute Gasteiger partial charge is 0.465 e. The Morgan fingerprint density at radius 3 is 2.29 bits per heavy atom. The summed E-state index contributed by atoms with van der Waals surface area (Å²) in [7, 11) is 1.92. The molecule has 0 aliphatic carbocycles. The maximum absolute atomic E-state index is 12.4. The number of carbonyl (C=O) groups excluding carboxylic acids is 1. The van der Waals surface area contributed by atoms with E-state index in [-0.39, 0.29) is 36.4 Å². The van der Waals surface area contributed by atoms with Crippen molar-refractivity contribution >= 4 is 30.1 Å². The van der Waals surface area contributed by atoms with E-state index >= 15 is 0 Å². The number of rotatable bonds is 5. The maximum Gasteiger partial charge on any atom is 0.408 e. The van der Waals surface area contributed by atoms with Crippen LogP contribution in [0.15, 0.2) is 42.5 Å². The lowest BCUT2D eigenvalue weighted by atomic mass is 9.87. The summed E-state index contributed by atoms with van der Waals surface area (Å²) < 4.78 is 0. The Kier molecular flexibility index (Phi) is 8.09. The summed E-state index contributed by atoms with van der Waals surface area (Å²) in [6.07, 6.45) is -0.368. The molecule has 168 valence electrons. The average molecular weight is 446 g/mol. The molecule has 2 aromatic carbocycles. The van der Waals surface area contributed by atoms with Crippen molar-refractivity contribution in [2.45, 2.75) is 58.8 Å². The first kappa shape index (κ1) is 24.7. The van der Waals surface area contributed by atoms with E-state index in [9.17, 15) is 14.7 Å². The van der Waals surface area contributed by atoms with Gasteiger partial charge in [0.05, 0.1) is 6.04 Å². The lowest BCUT2D eigenvalue weighted by molar-refractivity contribution is -0.117. The lowest BCUT2D eigenvalue weighted by Gasteiger charge is -2.43. The molecular formula is C24H32ClN3O3. The smallest absolute Gasteiger partial charge is 0.408 e. The normalized spacial score (nSPS) is 17.7. The Labute approximate surface area is 190 Å². The molecule has 0 fully saturated rings. The molecule has 7 heteroatoms. The topological polar surface area (TPSA) is 72.9 Å². The van der Waals surface area contributed by atoms with Crippen molar-refractivity contribution in [2.75, 3.05) is 11.9 Å². The highest BCUT2D eigenvalue weighted by molar-refractivity contribution is 5.94. The summed E-state index contributed by atoms with van der Waals surface area (Å²) in [5.74, 6) is -0.0298. The molecule has 2 amide bonds. The van der Waals surface area contributed by atoms with Crippen molar-refractivity contribution in [2.24, 2.45) is 0 Å². The van der Waals surface area contributed by atoms with E-state index in [2.05, 4.69) is 29.6 Å². The summed E-state index contributed by atoms with van der Waals surface area (Å²) >= 11 is 0. The minimum atomic E-state index is -0.939. The van der Waals surface area contributed by atoms with Gasteiger partial charge < -0.3 is 15.3 Å². The Morgan fingerprint density at radius 1 is 1.16 bits per heavy atom. The number of carbonyl (C=O) groups is 2. The summed E-state index contributed by atoms with van der Waals surface area (Å²) in [6, 6.07) is 13.8. The van der Waals surface area contributed by atoms with E-state index in [0.717, 1.165) is 28.9 Å². The number of carboxylic acid groups (broad SMARTS) is 1. The van der Waals surface area contributed by atoms with Crippen molar-refractivity contribution in [3.63, 3.8) is 0 Å². The van der Waals surface area contributed by atoms with Gasteiger partial charge in [0.25, 0.3) is 0 Å². The van der Waals surface area contributed by atoms with E-state index in [1.165, 1.54) is 10.5 Å². The highest BCUT2D eigenvalue weighted by atomic mass is 35.5. The summed E-state index contributed by atoms with van der Waals surface area (Å²) in [4.78, 5) is 27.7. The number of nitrogens with zero attached hydrogens (tertiary/aromatic N) is 2. The van der Waals surface area contributed by atoms with Gasteiger partial charge in [-0.2, -0.15) is 0 Å².